The fourth-order valence-corrected chi connectivity index (χ4v) is 4.38. The summed E-state index contributed by atoms with van der Waals surface area (Å²) < 4.78 is 2.17. The molecule has 0 radical (unpaired) electrons. The molecule has 2 N–H and O–H groups in total. The summed E-state index contributed by atoms with van der Waals surface area (Å²) >= 11 is 0. The summed E-state index contributed by atoms with van der Waals surface area (Å²) in [4.78, 5) is 11.9. The maximum atomic E-state index is 4.85. The Kier molecular flexibility index (Phi) is 10.4. The van der Waals surface area contributed by atoms with Gasteiger partial charge in [-0.25, -0.2) is 9.98 Å². The molecule has 4 rings (SSSR count). The van der Waals surface area contributed by atoms with Gasteiger partial charge in [-0.3, -0.25) is 4.90 Å². The molecule has 0 aliphatic carbocycles. The summed E-state index contributed by atoms with van der Waals surface area (Å²) in [6.07, 6.45) is 6.14. The third kappa shape index (κ3) is 7.84. The first-order valence-corrected chi connectivity index (χ1v) is 12.1. The van der Waals surface area contributed by atoms with Crippen molar-refractivity contribution in [3.8, 4) is 0 Å². The third-order valence-corrected chi connectivity index (χ3v) is 6.14. The highest BCUT2D eigenvalue weighted by Gasteiger charge is 2.20. The first-order valence-electron chi connectivity index (χ1n) is 12.1. The van der Waals surface area contributed by atoms with Gasteiger partial charge in [0, 0.05) is 51.2 Å². The summed E-state index contributed by atoms with van der Waals surface area (Å²) in [7, 11) is 0. The average molecular weight is 573 g/mol. The standard InChI is InChI=1S/C27H36N6.HI/c1-3-28-27(30-19-26-29-14-17-33(26)21-23-9-5-4-6-10-23)31-25-12-15-32(16-13-25)20-24-11-7-8-22(2)18-24;/h4-11,14,17-18,25H,3,12-13,15-16,19-21H2,1-2H3,(H2,28,30,31);1H. The van der Waals surface area contributed by atoms with Gasteiger partial charge in [0.15, 0.2) is 5.96 Å². The van der Waals surface area contributed by atoms with E-state index in [0.29, 0.717) is 12.6 Å². The summed E-state index contributed by atoms with van der Waals surface area (Å²) in [6.45, 7) is 9.73. The zero-order valence-corrected chi connectivity index (χ0v) is 22.6. The summed E-state index contributed by atoms with van der Waals surface area (Å²) in [5.41, 5.74) is 4.01. The molecule has 0 amide bonds. The monoisotopic (exact) mass is 572 g/mol. The van der Waals surface area contributed by atoms with Crippen LogP contribution in [0.1, 0.15) is 42.3 Å². The number of nitrogens with one attached hydrogen (secondary N) is 2. The Morgan fingerprint density at radius 2 is 1.79 bits per heavy atom. The van der Waals surface area contributed by atoms with Crippen molar-refractivity contribution in [1.29, 1.82) is 0 Å². The van der Waals surface area contributed by atoms with Crippen LogP contribution in [0.2, 0.25) is 0 Å². The van der Waals surface area contributed by atoms with Crippen molar-refractivity contribution >= 4 is 29.9 Å². The molecule has 0 bridgehead atoms. The van der Waals surface area contributed by atoms with Crippen molar-refractivity contribution in [2.24, 2.45) is 4.99 Å². The van der Waals surface area contributed by atoms with Crippen LogP contribution in [0.3, 0.4) is 0 Å². The average Bonchev–Trinajstić information content (AvgIpc) is 3.26. The summed E-state index contributed by atoms with van der Waals surface area (Å²) in [5, 5.41) is 7.06. The van der Waals surface area contributed by atoms with E-state index in [1.54, 1.807) is 0 Å². The Balaban J connectivity index is 0.00000324. The highest BCUT2D eigenvalue weighted by molar-refractivity contribution is 14.0. The lowest BCUT2D eigenvalue weighted by molar-refractivity contribution is 0.198. The van der Waals surface area contributed by atoms with Crippen LogP contribution in [-0.2, 0) is 19.6 Å². The molecule has 0 saturated carbocycles. The zero-order valence-electron chi connectivity index (χ0n) is 20.3. The highest BCUT2D eigenvalue weighted by Crippen LogP contribution is 2.15. The van der Waals surface area contributed by atoms with Gasteiger partial charge in [0.25, 0.3) is 0 Å². The van der Waals surface area contributed by atoms with Crippen molar-refractivity contribution < 1.29 is 0 Å². The summed E-state index contributed by atoms with van der Waals surface area (Å²) in [6, 6.07) is 19.8. The number of guanidine groups is 1. The number of aliphatic imine (C=N–C) groups is 1. The molecule has 3 aromatic rings. The third-order valence-electron chi connectivity index (χ3n) is 6.14. The molecule has 2 heterocycles. The Morgan fingerprint density at radius 1 is 1.03 bits per heavy atom. The molecule has 6 nitrogen and oxygen atoms in total. The molecule has 1 fully saturated rings. The maximum Gasteiger partial charge on any atom is 0.191 e. The zero-order chi connectivity index (χ0) is 22.9. The lowest BCUT2D eigenvalue weighted by Crippen LogP contribution is -2.48. The van der Waals surface area contributed by atoms with Crippen molar-refractivity contribution in [2.45, 2.75) is 52.4 Å². The van der Waals surface area contributed by atoms with E-state index in [9.17, 15) is 0 Å². The van der Waals surface area contributed by atoms with E-state index in [-0.39, 0.29) is 24.0 Å². The van der Waals surface area contributed by atoms with Gasteiger partial charge in [0.2, 0.25) is 0 Å². The van der Waals surface area contributed by atoms with Gasteiger partial charge in [-0.2, -0.15) is 0 Å². The molecule has 1 saturated heterocycles. The molecule has 1 aliphatic rings. The SMILES string of the molecule is CCNC(=NCc1nccn1Cc1ccccc1)NC1CCN(Cc2cccc(C)c2)CC1.I. The molecule has 2 aromatic carbocycles. The van der Waals surface area contributed by atoms with Crippen LogP contribution in [0.25, 0.3) is 0 Å². The fraction of sp³-hybridized carbons (Fsp3) is 0.407. The van der Waals surface area contributed by atoms with Crippen LogP contribution in [0.5, 0.6) is 0 Å². The first kappa shape index (κ1) is 26.2. The van der Waals surface area contributed by atoms with E-state index in [1.807, 2.05) is 18.5 Å². The van der Waals surface area contributed by atoms with E-state index in [0.717, 1.165) is 57.3 Å². The number of piperidine rings is 1. The molecule has 1 aromatic heterocycles. The van der Waals surface area contributed by atoms with Crippen LogP contribution in [0, 0.1) is 6.92 Å². The minimum atomic E-state index is 0. The lowest BCUT2D eigenvalue weighted by Gasteiger charge is -2.33. The molecule has 0 atom stereocenters. The van der Waals surface area contributed by atoms with Gasteiger partial charge < -0.3 is 15.2 Å². The minimum Gasteiger partial charge on any atom is -0.357 e. The van der Waals surface area contributed by atoms with E-state index >= 15 is 0 Å². The van der Waals surface area contributed by atoms with Crippen LogP contribution < -0.4 is 10.6 Å². The van der Waals surface area contributed by atoms with Gasteiger partial charge in [-0.05, 0) is 37.8 Å². The van der Waals surface area contributed by atoms with Gasteiger partial charge >= 0.3 is 0 Å². The van der Waals surface area contributed by atoms with Crippen molar-refractivity contribution in [3.05, 3.63) is 89.5 Å². The number of aryl methyl sites for hydroxylation is 1. The fourth-order valence-electron chi connectivity index (χ4n) is 4.38. The van der Waals surface area contributed by atoms with E-state index in [1.165, 1.54) is 16.7 Å². The second-order valence-corrected chi connectivity index (χ2v) is 8.84. The Morgan fingerprint density at radius 3 is 2.53 bits per heavy atom. The Bertz CT molecular complexity index is 1020. The Hall–Kier alpha value is -2.39. The van der Waals surface area contributed by atoms with Gasteiger partial charge in [0.05, 0.1) is 0 Å². The van der Waals surface area contributed by atoms with Crippen molar-refractivity contribution in [3.63, 3.8) is 0 Å². The number of hydrogen-bond donors (Lipinski definition) is 2. The maximum absolute atomic E-state index is 4.85. The first-order chi connectivity index (χ1) is 16.2. The Labute approximate surface area is 220 Å². The molecule has 0 spiro atoms. The molecule has 182 valence electrons. The van der Waals surface area contributed by atoms with Gasteiger partial charge in [-0.1, -0.05) is 60.2 Å². The molecule has 1 aliphatic heterocycles. The highest BCUT2D eigenvalue weighted by atomic mass is 127. The predicted octanol–water partition coefficient (Wildman–Crippen LogP) is 4.58. The van der Waals surface area contributed by atoms with Crippen molar-refractivity contribution in [2.75, 3.05) is 19.6 Å². The topological polar surface area (TPSA) is 57.5 Å². The van der Waals surface area contributed by atoms with Crippen molar-refractivity contribution in [1.82, 2.24) is 25.1 Å². The minimum absolute atomic E-state index is 0. The number of nitrogens with zero attached hydrogens (tertiary/aromatic N) is 4. The molecule has 7 heteroatoms. The van der Waals surface area contributed by atoms with E-state index in [2.05, 4.69) is 87.5 Å². The molecule has 34 heavy (non-hydrogen) atoms. The van der Waals surface area contributed by atoms with Crippen LogP contribution in [-0.4, -0.2) is 46.1 Å². The predicted molar refractivity (Wildman–Crippen MR) is 151 cm³/mol. The van der Waals surface area contributed by atoms with E-state index in [4.69, 9.17) is 4.99 Å². The molecule has 0 unspecified atom stereocenters. The molecular weight excluding hydrogens is 535 g/mol. The van der Waals surface area contributed by atoms with Gasteiger partial charge in [-0.15, -0.1) is 24.0 Å². The lowest BCUT2D eigenvalue weighted by atomic mass is 10.0. The quantitative estimate of drug-likeness (QED) is 0.236. The summed E-state index contributed by atoms with van der Waals surface area (Å²) in [5.74, 6) is 1.85. The number of likely N-dealkylation sites (tertiary alicyclic amines) is 1. The number of hydrogen-bond acceptors (Lipinski definition) is 3. The number of imidazole rings is 1. The van der Waals surface area contributed by atoms with Crippen LogP contribution >= 0.6 is 24.0 Å². The van der Waals surface area contributed by atoms with E-state index < -0.39 is 0 Å². The largest absolute Gasteiger partial charge is 0.357 e. The number of rotatable bonds is 8. The normalized spacial score (nSPS) is 15.1. The van der Waals surface area contributed by atoms with Crippen LogP contribution in [0.15, 0.2) is 72.0 Å². The second kappa shape index (κ2) is 13.5. The van der Waals surface area contributed by atoms with Gasteiger partial charge in [0.1, 0.15) is 12.4 Å². The smallest absolute Gasteiger partial charge is 0.191 e. The van der Waals surface area contributed by atoms with Crippen LogP contribution in [0.4, 0.5) is 0 Å². The second-order valence-electron chi connectivity index (χ2n) is 8.84. The molecular formula is C27H37IN6. The number of benzene rings is 2. The number of aromatic nitrogens is 2. The number of halogens is 1.